The van der Waals surface area contributed by atoms with E-state index >= 15 is 0 Å². The molecule has 0 unspecified atom stereocenters. The van der Waals surface area contributed by atoms with Gasteiger partial charge in [0, 0.05) is 11.3 Å². The summed E-state index contributed by atoms with van der Waals surface area (Å²) >= 11 is 0. The van der Waals surface area contributed by atoms with Crippen LogP contribution in [0, 0.1) is 24.7 Å². The number of carbonyl (C=O) groups is 1. The highest BCUT2D eigenvalue weighted by molar-refractivity contribution is 5.84. The molecule has 0 radical (unpaired) electrons. The monoisotopic (exact) mass is 197 g/mol. The van der Waals surface area contributed by atoms with Gasteiger partial charge in [0.25, 0.3) is 0 Å². The number of hydrogen-bond donors (Lipinski definition) is 0. The smallest absolute Gasteiger partial charge is 0.152 e. The molecule has 0 aliphatic heterocycles. The second kappa shape index (κ2) is 5.52. The van der Waals surface area contributed by atoms with E-state index in [1.54, 1.807) is 12.1 Å². The predicted octanol–water partition coefficient (Wildman–Crippen LogP) is 1.57. The molecule has 0 saturated carbocycles. The maximum absolute atomic E-state index is 10.8. The molecule has 0 aliphatic carbocycles. The Morgan fingerprint density at radius 2 is 1.80 bits per heavy atom. The van der Waals surface area contributed by atoms with Gasteiger partial charge in [-0.05, 0) is 12.1 Å². The average Bonchev–Trinajstić information content (AvgIpc) is 2.29. The van der Waals surface area contributed by atoms with Crippen LogP contribution in [0.25, 0.3) is 0 Å². The summed E-state index contributed by atoms with van der Waals surface area (Å²) in [6.45, 7) is 0.796. The molecule has 15 heavy (non-hydrogen) atoms. The fraction of sp³-hybridized carbons (Fsp3) is 0.154. The van der Waals surface area contributed by atoms with Crippen LogP contribution in [0.2, 0.25) is 0 Å². The Morgan fingerprint density at radius 3 is 2.33 bits per heavy atom. The number of rotatable bonds is 4. The maximum Gasteiger partial charge on any atom is 0.152 e. The third-order valence-electron chi connectivity index (χ3n) is 1.97. The first-order valence-corrected chi connectivity index (χ1v) is 4.49. The highest BCUT2D eigenvalue weighted by Gasteiger charge is 2.07. The van der Waals surface area contributed by atoms with Crippen molar-refractivity contribution in [3.8, 4) is 24.7 Å². The van der Waals surface area contributed by atoms with E-state index in [-0.39, 0.29) is 0 Å². The van der Waals surface area contributed by atoms with Gasteiger partial charge in [-0.2, -0.15) is 0 Å². The summed E-state index contributed by atoms with van der Waals surface area (Å²) in [5.41, 5.74) is 1.38. The fourth-order valence-electron chi connectivity index (χ4n) is 1.32. The number of hydrogen-bond acceptors (Lipinski definition) is 2. The Kier molecular flexibility index (Phi) is 4.01. The number of para-hydroxylation sites is 1. The van der Waals surface area contributed by atoms with Crippen LogP contribution in [-0.4, -0.2) is 19.4 Å². The average molecular weight is 197 g/mol. The van der Waals surface area contributed by atoms with E-state index < -0.39 is 0 Å². The van der Waals surface area contributed by atoms with Gasteiger partial charge in [-0.1, -0.05) is 24.0 Å². The van der Waals surface area contributed by atoms with E-state index in [4.69, 9.17) is 12.8 Å². The normalized spacial score (nSPS) is 8.67. The Balaban J connectivity index is 3.05. The van der Waals surface area contributed by atoms with Crippen molar-refractivity contribution in [2.24, 2.45) is 0 Å². The lowest BCUT2D eigenvalue weighted by atomic mass is 10.1. The number of nitrogens with zero attached hydrogens (tertiary/aromatic N) is 1. The number of carbonyl (C=O) groups excluding carboxylic acids is 1. The number of benzene rings is 1. The Hall–Kier alpha value is -2.19. The molecule has 0 spiro atoms. The van der Waals surface area contributed by atoms with Gasteiger partial charge in [0.05, 0.1) is 13.1 Å². The molecular formula is C13H11NO. The molecule has 2 heteroatoms. The summed E-state index contributed by atoms with van der Waals surface area (Å²) in [6.07, 6.45) is 11.3. The van der Waals surface area contributed by atoms with Crippen LogP contribution in [0.1, 0.15) is 10.4 Å². The minimum absolute atomic E-state index is 0.398. The van der Waals surface area contributed by atoms with Crippen molar-refractivity contribution < 1.29 is 4.79 Å². The van der Waals surface area contributed by atoms with E-state index in [1.165, 1.54) is 0 Å². The van der Waals surface area contributed by atoms with Crippen molar-refractivity contribution in [1.82, 2.24) is 0 Å². The highest BCUT2D eigenvalue weighted by Crippen LogP contribution is 2.17. The molecule has 0 aromatic heterocycles. The zero-order valence-corrected chi connectivity index (χ0v) is 8.31. The summed E-state index contributed by atoms with van der Waals surface area (Å²) in [4.78, 5) is 12.6. The lowest BCUT2D eigenvalue weighted by Gasteiger charge is -2.20. The second-order valence-corrected chi connectivity index (χ2v) is 2.94. The van der Waals surface area contributed by atoms with E-state index in [0.717, 1.165) is 12.0 Å². The quantitative estimate of drug-likeness (QED) is 0.539. The van der Waals surface area contributed by atoms with Gasteiger partial charge in [0.15, 0.2) is 6.29 Å². The van der Waals surface area contributed by atoms with Gasteiger partial charge in [0.1, 0.15) is 0 Å². The first-order valence-electron chi connectivity index (χ1n) is 4.49. The van der Waals surface area contributed by atoms with Crippen molar-refractivity contribution in [3.05, 3.63) is 29.8 Å². The van der Waals surface area contributed by atoms with Crippen molar-refractivity contribution >= 4 is 12.0 Å². The lowest BCUT2D eigenvalue weighted by molar-refractivity contribution is 0.112. The van der Waals surface area contributed by atoms with Crippen molar-refractivity contribution in [3.63, 3.8) is 0 Å². The third kappa shape index (κ3) is 2.62. The van der Waals surface area contributed by atoms with Gasteiger partial charge in [-0.25, -0.2) is 0 Å². The van der Waals surface area contributed by atoms with E-state index in [2.05, 4.69) is 11.8 Å². The highest BCUT2D eigenvalue weighted by atomic mass is 16.1. The molecule has 1 aromatic carbocycles. The van der Waals surface area contributed by atoms with Crippen molar-refractivity contribution in [1.29, 1.82) is 0 Å². The summed E-state index contributed by atoms with van der Waals surface area (Å²) < 4.78 is 0. The van der Waals surface area contributed by atoms with Crippen LogP contribution in [0.4, 0.5) is 5.69 Å². The van der Waals surface area contributed by atoms with Crippen LogP contribution >= 0.6 is 0 Å². The van der Waals surface area contributed by atoms with E-state index in [1.807, 2.05) is 17.0 Å². The molecule has 1 aromatic rings. The van der Waals surface area contributed by atoms with Gasteiger partial charge in [-0.3, -0.25) is 4.79 Å². The van der Waals surface area contributed by atoms with Gasteiger partial charge >= 0.3 is 0 Å². The molecule has 0 aliphatic rings. The summed E-state index contributed by atoms with van der Waals surface area (Å²) in [5, 5.41) is 0. The van der Waals surface area contributed by atoms with Crippen LogP contribution in [0.3, 0.4) is 0 Å². The second-order valence-electron chi connectivity index (χ2n) is 2.94. The zero-order chi connectivity index (χ0) is 11.1. The molecule has 0 saturated heterocycles. The summed E-state index contributed by atoms with van der Waals surface area (Å²) in [7, 11) is 0. The molecule has 0 amide bonds. The standard InChI is InChI=1S/C13H11NO/c1-3-9-14(10-4-2)13-8-6-5-7-12(13)11-15/h1-2,5-8,11H,9-10H2. The Bertz CT molecular complexity index is 407. The van der Waals surface area contributed by atoms with E-state index in [0.29, 0.717) is 18.7 Å². The predicted molar refractivity (Wildman–Crippen MR) is 61.7 cm³/mol. The van der Waals surface area contributed by atoms with Gasteiger partial charge in [0.2, 0.25) is 0 Å². The molecule has 1 rings (SSSR count). The third-order valence-corrected chi connectivity index (χ3v) is 1.97. The van der Waals surface area contributed by atoms with Crippen LogP contribution in [0.5, 0.6) is 0 Å². The summed E-state index contributed by atoms with van der Waals surface area (Å²) in [6, 6.07) is 7.22. The molecule has 74 valence electrons. The maximum atomic E-state index is 10.8. The minimum Gasteiger partial charge on any atom is -0.349 e. The number of aldehydes is 1. The fourth-order valence-corrected chi connectivity index (χ4v) is 1.32. The zero-order valence-electron chi connectivity index (χ0n) is 8.31. The first kappa shape index (κ1) is 10.9. The summed E-state index contributed by atoms with van der Waals surface area (Å²) in [5.74, 6) is 5.03. The molecule has 0 bridgehead atoms. The Labute approximate surface area is 89.9 Å². The Morgan fingerprint density at radius 1 is 1.20 bits per heavy atom. The molecule has 0 N–H and O–H groups in total. The molecule has 0 atom stereocenters. The molecule has 0 heterocycles. The van der Waals surface area contributed by atoms with Crippen molar-refractivity contribution in [2.75, 3.05) is 18.0 Å². The number of anilines is 1. The van der Waals surface area contributed by atoms with Gasteiger partial charge in [-0.15, -0.1) is 12.8 Å². The first-order chi connectivity index (χ1) is 7.33. The van der Waals surface area contributed by atoms with Crippen LogP contribution in [-0.2, 0) is 0 Å². The minimum atomic E-state index is 0.398. The van der Waals surface area contributed by atoms with Crippen LogP contribution < -0.4 is 4.90 Å². The SMILES string of the molecule is C#CCN(CC#C)c1ccccc1C=O. The van der Waals surface area contributed by atoms with Crippen molar-refractivity contribution in [2.45, 2.75) is 0 Å². The molecule has 0 fully saturated rings. The van der Waals surface area contributed by atoms with Crippen LogP contribution in [0.15, 0.2) is 24.3 Å². The topological polar surface area (TPSA) is 20.3 Å². The lowest BCUT2D eigenvalue weighted by Crippen LogP contribution is -2.24. The largest absolute Gasteiger partial charge is 0.349 e. The van der Waals surface area contributed by atoms with E-state index in [9.17, 15) is 4.79 Å². The number of terminal acetylenes is 2. The van der Waals surface area contributed by atoms with Gasteiger partial charge < -0.3 is 4.90 Å². The molecular weight excluding hydrogens is 186 g/mol. The molecule has 2 nitrogen and oxygen atoms in total.